The first-order chi connectivity index (χ1) is 16.8. The zero-order valence-electron chi connectivity index (χ0n) is 19.8. The molecule has 2 aromatic rings. The highest BCUT2D eigenvalue weighted by Crippen LogP contribution is 2.31. The fraction of sp³-hybridized carbons (Fsp3) is 0.391. The van der Waals surface area contributed by atoms with Crippen LogP contribution in [0.1, 0.15) is 5.56 Å². The summed E-state index contributed by atoms with van der Waals surface area (Å²) in [6, 6.07) is 11.6. The van der Waals surface area contributed by atoms with Gasteiger partial charge in [-0.05, 0) is 30.2 Å². The highest BCUT2D eigenvalue weighted by molar-refractivity contribution is 7.89. The first-order valence-electron chi connectivity index (χ1n) is 10.8. The number of sulfonamides is 1. The Labute approximate surface area is 204 Å². The molecule has 190 valence electrons. The van der Waals surface area contributed by atoms with E-state index in [-0.39, 0.29) is 36.9 Å². The van der Waals surface area contributed by atoms with Crippen molar-refractivity contribution in [2.45, 2.75) is 17.5 Å². The largest absolute Gasteiger partial charge is 0.496 e. The lowest BCUT2D eigenvalue weighted by Crippen LogP contribution is -2.47. The van der Waals surface area contributed by atoms with Gasteiger partial charge in [-0.25, -0.2) is 8.42 Å². The van der Waals surface area contributed by atoms with E-state index in [1.807, 2.05) is 24.3 Å². The standard InChI is InChI=1S/C23H29N3O8S/c1-31-18-7-5-4-6-16(18)10-11-24-22(27)23(28)25-15-21-26(12-13-34-21)35(29,30)17-8-9-19(32-2)20(14-17)33-3/h4-9,14,21H,10-13,15H2,1-3H3,(H,24,27)(H,25,28)/t21-/m0/s1. The first kappa shape index (κ1) is 26.3. The molecule has 1 heterocycles. The summed E-state index contributed by atoms with van der Waals surface area (Å²) in [7, 11) is 0.466. The average Bonchev–Trinajstić information content (AvgIpc) is 3.36. The Morgan fingerprint density at radius 1 is 0.971 bits per heavy atom. The number of carbonyl (C=O) groups excluding carboxylic acids is 2. The normalized spacial score (nSPS) is 15.9. The molecule has 1 fully saturated rings. The molecule has 0 aromatic heterocycles. The van der Waals surface area contributed by atoms with E-state index in [2.05, 4.69) is 10.6 Å². The summed E-state index contributed by atoms with van der Waals surface area (Å²) in [4.78, 5) is 24.4. The number of benzene rings is 2. The van der Waals surface area contributed by atoms with Crippen LogP contribution in [0.15, 0.2) is 47.4 Å². The third kappa shape index (κ3) is 6.21. The predicted molar refractivity (Wildman–Crippen MR) is 126 cm³/mol. The molecule has 1 aliphatic rings. The van der Waals surface area contributed by atoms with Gasteiger partial charge in [0.2, 0.25) is 10.0 Å². The maximum atomic E-state index is 13.2. The first-order valence-corrected chi connectivity index (χ1v) is 12.3. The third-order valence-electron chi connectivity index (χ3n) is 5.42. The fourth-order valence-corrected chi connectivity index (χ4v) is 5.14. The van der Waals surface area contributed by atoms with Crippen molar-refractivity contribution in [2.24, 2.45) is 0 Å². The zero-order valence-corrected chi connectivity index (χ0v) is 20.6. The molecule has 12 heteroatoms. The number of nitrogens with zero attached hydrogens (tertiary/aromatic N) is 1. The van der Waals surface area contributed by atoms with Crippen molar-refractivity contribution < 1.29 is 37.0 Å². The topological polar surface area (TPSA) is 132 Å². The van der Waals surface area contributed by atoms with Gasteiger partial charge in [-0.2, -0.15) is 4.31 Å². The monoisotopic (exact) mass is 507 g/mol. The number of ether oxygens (including phenoxy) is 4. The van der Waals surface area contributed by atoms with Crippen molar-refractivity contribution in [1.29, 1.82) is 0 Å². The second-order valence-corrected chi connectivity index (χ2v) is 9.38. The van der Waals surface area contributed by atoms with Gasteiger partial charge < -0.3 is 29.6 Å². The number of amides is 2. The van der Waals surface area contributed by atoms with Gasteiger partial charge in [0.1, 0.15) is 12.0 Å². The van der Waals surface area contributed by atoms with Crippen LogP contribution < -0.4 is 24.8 Å². The number of hydrogen-bond acceptors (Lipinski definition) is 8. The fourth-order valence-electron chi connectivity index (χ4n) is 3.61. The highest BCUT2D eigenvalue weighted by atomic mass is 32.2. The van der Waals surface area contributed by atoms with Crippen LogP contribution in [0.2, 0.25) is 0 Å². The van der Waals surface area contributed by atoms with E-state index >= 15 is 0 Å². The summed E-state index contributed by atoms with van der Waals surface area (Å²) in [5.41, 5.74) is 0.895. The van der Waals surface area contributed by atoms with Crippen molar-refractivity contribution in [2.75, 3.05) is 47.6 Å². The lowest BCUT2D eigenvalue weighted by molar-refractivity contribution is -0.139. The molecule has 2 aromatic carbocycles. The van der Waals surface area contributed by atoms with Crippen LogP contribution in [0.5, 0.6) is 17.2 Å². The number of methoxy groups -OCH3 is 3. The summed E-state index contributed by atoms with van der Waals surface area (Å²) in [5, 5.41) is 4.98. The van der Waals surface area contributed by atoms with Crippen molar-refractivity contribution >= 4 is 21.8 Å². The lowest BCUT2D eigenvalue weighted by Gasteiger charge is -2.23. The van der Waals surface area contributed by atoms with Crippen LogP contribution in [0.3, 0.4) is 0 Å². The number of carbonyl (C=O) groups is 2. The van der Waals surface area contributed by atoms with Crippen molar-refractivity contribution in [3.63, 3.8) is 0 Å². The second-order valence-electron chi connectivity index (χ2n) is 7.49. The molecule has 0 radical (unpaired) electrons. The molecule has 11 nitrogen and oxygen atoms in total. The van der Waals surface area contributed by atoms with Crippen LogP contribution in [-0.2, 0) is 30.8 Å². The van der Waals surface area contributed by atoms with E-state index in [4.69, 9.17) is 18.9 Å². The van der Waals surface area contributed by atoms with Gasteiger partial charge in [0.25, 0.3) is 0 Å². The molecule has 3 rings (SSSR count). The van der Waals surface area contributed by atoms with E-state index in [0.29, 0.717) is 17.9 Å². The molecular weight excluding hydrogens is 478 g/mol. The molecule has 0 aliphatic carbocycles. The molecule has 1 aliphatic heterocycles. The molecule has 35 heavy (non-hydrogen) atoms. The van der Waals surface area contributed by atoms with Gasteiger partial charge >= 0.3 is 11.8 Å². The van der Waals surface area contributed by atoms with Gasteiger partial charge in [-0.1, -0.05) is 18.2 Å². The quantitative estimate of drug-likeness (QED) is 0.445. The minimum absolute atomic E-state index is 0.00828. The van der Waals surface area contributed by atoms with Crippen LogP contribution in [-0.4, -0.2) is 78.3 Å². The van der Waals surface area contributed by atoms with Gasteiger partial charge in [0.15, 0.2) is 11.5 Å². The SMILES string of the molecule is COc1ccccc1CCNC(=O)C(=O)NC[C@@H]1OCCN1S(=O)(=O)c1ccc(OC)c(OC)c1. The summed E-state index contributed by atoms with van der Waals surface area (Å²) in [6.45, 7) is 0.290. The Balaban J connectivity index is 1.56. The number of hydrogen-bond donors (Lipinski definition) is 2. The minimum Gasteiger partial charge on any atom is -0.496 e. The van der Waals surface area contributed by atoms with Crippen molar-refractivity contribution in [3.05, 3.63) is 48.0 Å². The Morgan fingerprint density at radius 3 is 2.37 bits per heavy atom. The van der Waals surface area contributed by atoms with E-state index < -0.39 is 28.1 Å². The molecule has 0 unspecified atom stereocenters. The van der Waals surface area contributed by atoms with Crippen LogP contribution in [0.4, 0.5) is 0 Å². The number of para-hydroxylation sites is 1. The molecule has 0 spiro atoms. The molecule has 1 atom stereocenters. The van der Waals surface area contributed by atoms with Gasteiger partial charge in [0.05, 0.1) is 39.4 Å². The van der Waals surface area contributed by atoms with Crippen LogP contribution >= 0.6 is 0 Å². The smallest absolute Gasteiger partial charge is 0.309 e. The molecule has 2 amide bonds. The van der Waals surface area contributed by atoms with E-state index in [9.17, 15) is 18.0 Å². The zero-order chi connectivity index (χ0) is 25.4. The number of nitrogens with one attached hydrogen (secondary N) is 2. The average molecular weight is 508 g/mol. The van der Waals surface area contributed by atoms with Gasteiger partial charge in [0, 0.05) is 19.2 Å². The summed E-state index contributed by atoms with van der Waals surface area (Å²) < 4.78 is 48.6. The van der Waals surface area contributed by atoms with Crippen LogP contribution in [0, 0.1) is 0 Å². The Hall–Kier alpha value is -3.35. The maximum absolute atomic E-state index is 13.2. The van der Waals surface area contributed by atoms with Crippen molar-refractivity contribution in [1.82, 2.24) is 14.9 Å². The molecule has 0 bridgehead atoms. The van der Waals surface area contributed by atoms with Gasteiger partial charge in [-0.3, -0.25) is 9.59 Å². The number of rotatable bonds is 10. The van der Waals surface area contributed by atoms with Gasteiger partial charge in [-0.15, -0.1) is 0 Å². The van der Waals surface area contributed by atoms with E-state index in [1.165, 1.54) is 32.4 Å². The van der Waals surface area contributed by atoms with E-state index in [1.54, 1.807) is 7.11 Å². The van der Waals surface area contributed by atoms with E-state index in [0.717, 1.165) is 9.87 Å². The lowest BCUT2D eigenvalue weighted by atomic mass is 10.1. The Kier molecular flexibility index (Phi) is 8.90. The molecule has 1 saturated heterocycles. The third-order valence-corrected chi connectivity index (χ3v) is 7.31. The highest BCUT2D eigenvalue weighted by Gasteiger charge is 2.37. The second kappa shape index (κ2) is 11.9. The van der Waals surface area contributed by atoms with Crippen LogP contribution in [0.25, 0.3) is 0 Å². The summed E-state index contributed by atoms with van der Waals surface area (Å²) in [5.74, 6) is -0.357. The Morgan fingerprint density at radius 2 is 1.66 bits per heavy atom. The molecular formula is C23H29N3O8S. The summed E-state index contributed by atoms with van der Waals surface area (Å²) in [6.07, 6.45) is -0.482. The molecule has 0 saturated carbocycles. The Bertz CT molecular complexity index is 1160. The minimum atomic E-state index is -3.96. The van der Waals surface area contributed by atoms with Crippen molar-refractivity contribution in [3.8, 4) is 17.2 Å². The summed E-state index contributed by atoms with van der Waals surface area (Å²) >= 11 is 0. The maximum Gasteiger partial charge on any atom is 0.309 e. The predicted octanol–water partition coefficient (Wildman–Crippen LogP) is 0.535. The molecule has 2 N–H and O–H groups in total.